The molecule has 2 rings (SSSR count). The number of ether oxygens (including phenoxy) is 1. The van der Waals surface area contributed by atoms with Crippen molar-refractivity contribution in [3.05, 3.63) is 17.6 Å². The molecule has 1 aromatic heterocycles. The van der Waals surface area contributed by atoms with Crippen LogP contribution in [-0.4, -0.2) is 16.6 Å². The van der Waals surface area contributed by atoms with E-state index in [1.54, 1.807) is 0 Å². The van der Waals surface area contributed by atoms with Crippen molar-refractivity contribution in [2.24, 2.45) is 0 Å². The average Bonchev–Trinajstić information content (AvgIpc) is 2.79. The Balaban J connectivity index is 2.14. The van der Waals surface area contributed by atoms with E-state index in [0.717, 1.165) is 5.69 Å². The molecule has 16 heavy (non-hydrogen) atoms. The molecule has 1 aromatic rings. The first-order chi connectivity index (χ1) is 7.79. The Morgan fingerprint density at radius 2 is 2.12 bits per heavy atom. The fraction of sp³-hybridized carbons (Fsp3) is 0.667. The summed E-state index contributed by atoms with van der Waals surface area (Å²) in [5.74, 6) is 1.85. The van der Waals surface area contributed by atoms with Gasteiger partial charge in [-0.15, -0.1) is 0 Å². The number of hydrogen-bond donors (Lipinski definition) is 1. The standard InChI is InChI=1S/C12H19N3O/c1-2-16-8-12-14-10(7-11(13)15-12)9-5-3-4-6-9/h7,9H,2-6,8H2,1H3,(H2,13,14,15). The van der Waals surface area contributed by atoms with Gasteiger partial charge < -0.3 is 10.5 Å². The van der Waals surface area contributed by atoms with Gasteiger partial charge in [0.2, 0.25) is 0 Å². The van der Waals surface area contributed by atoms with Crippen molar-refractivity contribution in [1.82, 2.24) is 9.97 Å². The molecular weight excluding hydrogens is 202 g/mol. The molecule has 0 aliphatic heterocycles. The van der Waals surface area contributed by atoms with E-state index in [4.69, 9.17) is 10.5 Å². The van der Waals surface area contributed by atoms with Crippen molar-refractivity contribution in [2.45, 2.75) is 45.1 Å². The van der Waals surface area contributed by atoms with Gasteiger partial charge in [-0.3, -0.25) is 0 Å². The molecule has 1 fully saturated rings. The van der Waals surface area contributed by atoms with Gasteiger partial charge in [-0.05, 0) is 19.8 Å². The van der Waals surface area contributed by atoms with Crippen LogP contribution in [0, 0.1) is 0 Å². The zero-order valence-corrected chi connectivity index (χ0v) is 9.78. The number of rotatable bonds is 4. The lowest BCUT2D eigenvalue weighted by Crippen LogP contribution is -2.07. The first-order valence-electron chi connectivity index (χ1n) is 6.00. The summed E-state index contributed by atoms with van der Waals surface area (Å²) in [6.45, 7) is 3.10. The fourth-order valence-electron chi connectivity index (χ4n) is 2.23. The summed E-state index contributed by atoms with van der Waals surface area (Å²) in [6, 6.07) is 1.91. The van der Waals surface area contributed by atoms with Crippen molar-refractivity contribution in [1.29, 1.82) is 0 Å². The van der Waals surface area contributed by atoms with Crippen LogP contribution in [0.4, 0.5) is 5.82 Å². The second-order valence-electron chi connectivity index (χ2n) is 4.25. The highest BCUT2D eigenvalue weighted by Gasteiger charge is 2.19. The van der Waals surface area contributed by atoms with E-state index in [-0.39, 0.29) is 0 Å². The zero-order valence-electron chi connectivity index (χ0n) is 9.78. The maximum atomic E-state index is 5.79. The van der Waals surface area contributed by atoms with Crippen LogP contribution in [0.1, 0.15) is 50.0 Å². The third-order valence-electron chi connectivity index (χ3n) is 3.02. The maximum Gasteiger partial charge on any atom is 0.156 e. The van der Waals surface area contributed by atoms with E-state index in [1.807, 2.05) is 13.0 Å². The van der Waals surface area contributed by atoms with Crippen LogP contribution in [0.25, 0.3) is 0 Å². The summed E-state index contributed by atoms with van der Waals surface area (Å²) in [5.41, 5.74) is 6.89. The van der Waals surface area contributed by atoms with E-state index in [9.17, 15) is 0 Å². The van der Waals surface area contributed by atoms with Gasteiger partial charge in [0.1, 0.15) is 12.4 Å². The van der Waals surface area contributed by atoms with Gasteiger partial charge in [-0.25, -0.2) is 9.97 Å². The van der Waals surface area contributed by atoms with Crippen LogP contribution in [0.5, 0.6) is 0 Å². The monoisotopic (exact) mass is 221 g/mol. The lowest BCUT2D eigenvalue weighted by atomic mass is 10.0. The summed E-state index contributed by atoms with van der Waals surface area (Å²) in [6.07, 6.45) is 5.06. The highest BCUT2D eigenvalue weighted by molar-refractivity contribution is 5.31. The smallest absolute Gasteiger partial charge is 0.156 e. The first-order valence-corrected chi connectivity index (χ1v) is 6.00. The molecule has 0 aromatic carbocycles. The third kappa shape index (κ3) is 2.70. The number of nitrogens with two attached hydrogens (primary N) is 1. The number of hydrogen-bond acceptors (Lipinski definition) is 4. The van der Waals surface area contributed by atoms with Crippen LogP contribution >= 0.6 is 0 Å². The molecule has 4 heteroatoms. The Kier molecular flexibility index (Phi) is 3.72. The molecule has 1 heterocycles. The van der Waals surface area contributed by atoms with Gasteiger partial charge in [-0.1, -0.05) is 12.8 Å². The van der Waals surface area contributed by atoms with Crippen LogP contribution in [0.2, 0.25) is 0 Å². The quantitative estimate of drug-likeness (QED) is 0.847. The molecule has 1 aliphatic carbocycles. The molecule has 0 amide bonds. The van der Waals surface area contributed by atoms with Gasteiger partial charge in [0.15, 0.2) is 5.82 Å². The van der Waals surface area contributed by atoms with Crippen molar-refractivity contribution in [3.8, 4) is 0 Å². The summed E-state index contributed by atoms with van der Waals surface area (Å²) < 4.78 is 5.31. The molecule has 1 aliphatic rings. The molecule has 0 bridgehead atoms. The van der Waals surface area contributed by atoms with Gasteiger partial charge in [-0.2, -0.15) is 0 Å². The van der Waals surface area contributed by atoms with Gasteiger partial charge in [0, 0.05) is 24.3 Å². The second-order valence-corrected chi connectivity index (χ2v) is 4.25. The zero-order chi connectivity index (χ0) is 11.4. The van der Waals surface area contributed by atoms with E-state index in [2.05, 4.69) is 9.97 Å². The van der Waals surface area contributed by atoms with Gasteiger partial charge in [0.25, 0.3) is 0 Å². The van der Waals surface area contributed by atoms with Crippen molar-refractivity contribution in [3.63, 3.8) is 0 Å². The average molecular weight is 221 g/mol. The SMILES string of the molecule is CCOCc1nc(N)cc(C2CCCC2)n1. The summed E-state index contributed by atoms with van der Waals surface area (Å²) in [7, 11) is 0. The highest BCUT2D eigenvalue weighted by atomic mass is 16.5. The Morgan fingerprint density at radius 1 is 1.38 bits per heavy atom. The summed E-state index contributed by atoms with van der Waals surface area (Å²) in [4.78, 5) is 8.72. The third-order valence-corrected chi connectivity index (χ3v) is 3.02. The fourth-order valence-corrected chi connectivity index (χ4v) is 2.23. The summed E-state index contributed by atoms with van der Waals surface area (Å²) >= 11 is 0. The van der Waals surface area contributed by atoms with Crippen LogP contribution < -0.4 is 5.73 Å². The normalized spacial score (nSPS) is 16.8. The highest BCUT2D eigenvalue weighted by Crippen LogP contribution is 2.33. The largest absolute Gasteiger partial charge is 0.384 e. The molecule has 0 radical (unpaired) electrons. The van der Waals surface area contributed by atoms with Crippen LogP contribution in [0.3, 0.4) is 0 Å². The molecule has 2 N–H and O–H groups in total. The maximum absolute atomic E-state index is 5.79. The molecule has 0 atom stereocenters. The summed E-state index contributed by atoms with van der Waals surface area (Å²) in [5, 5.41) is 0. The molecule has 0 saturated heterocycles. The molecule has 4 nitrogen and oxygen atoms in total. The van der Waals surface area contributed by atoms with Gasteiger partial charge in [0.05, 0.1) is 0 Å². The molecule has 88 valence electrons. The Morgan fingerprint density at radius 3 is 2.81 bits per heavy atom. The lowest BCUT2D eigenvalue weighted by Gasteiger charge is -2.10. The van der Waals surface area contributed by atoms with Crippen molar-refractivity contribution < 1.29 is 4.74 Å². The van der Waals surface area contributed by atoms with Crippen molar-refractivity contribution >= 4 is 5.82 Å². The van der Waals surface area contributed by atoms with E-state index >= 15 is 0 Å². The predicted octanol–water partition coefficient (Wildman–Crippen LogP) is 2.25. The van der Waals surface area contributed by atoms with Gasteiger partial charge >= 0.3 is 0 Å². The molecule has 1 saturated carbocycles. The number of nitrogen functional groups attached to an aromatic ring is 1. The molecule has 0 unspecified atom stereocenters. The predicted molar refractivity (Wildman–Crippen MR) is 63.0 cm³/mol. The molecular formula is C12H19N3O. The van der Waals surface area contributed by atoms with E-state index in [1.165, 1.54) is 25.7 Å². The number of nitrogens with zero attached hydrogens (tertiary/aromatic N) is 2. The number of anilines is 1. The minimum absolute atomic E-state index is 0.460. The first kappa shape index (κ1) is 11.3. The Labute approximate surface area is 96.2 Å². The van der Waals surface area contributed by atoms with Crippen molar-refractivity contribution in [2.75, 3.05) is 12.3 Å². The lowest BCUT2D eigenvalue weighted by molar-refractivity contribution is 0.128. The number of aromatic nitrogens is 2. The van der Waals surface area contributed by atoms with Crippen LogP contribution in [-0.2, 0) is 11.3 Å². The minimum atomic E-state index is 0.460. The van der Waals surface area contributed by atoms with E-state index in [0.29, 0.717) is 30.8 Å². The Bertz CT molecular complexity index is 348. The Hall–Kier alpha value is -1.16. The van der Waals surface area contributed by atoms with E-state index < -0.39 is 0 Å². The second kappa shape index (κ2) is 5.25. The minimum Gasteiger partial charge on any atom is -0.384 e. The topological polar surface area (TPSA) is 61.0 Å². The van der Waals surface area contributed by atoms with Crippen LogP contribution in [0.15, 0.2) is 6.07 Å². The molecule has 0 spiro atoms.